The Morgan fingerprint density at radius 3 is 2.69 bits per heavy atom. The molecule has 0 saturated carbocycles. The summed E-state index contributed by atoms with van der Waals surface area (Å²) >= 11 is 1.40. The van der Waals surface area contributed by atoms with Gasteiger partial charge in [-0.25, -0.2) is 17.7 Å². The van der Waals surface area contributed by atoms with Crippen molar-refractivity contribution in [3.05, 3.63) is 30.1 Å². The van der Waals surface area contributed by atoms with E-state index in [4.69, 9.17) is 0 Å². The molecule has 0 aliphatic carbocycles. The Labute approximate surface area is 157 Å². The number of aromatic nitrogens is 2. The molecule has 0 aromatic carbocycles. The summed E-state index contributed by atoms with van der Waals surface area (Å²) in [5.74, 6) is -0.195. The number of hydrogen-bond donors (Lipinski definition) is 1. The van der Waals surface area contributed by atoms with Crippen LogP contribution in [0.25, 0.3) is 10.6 Å². The number of carbonyl (C=O) groups is 1. The van der Waals surface area contributed by atoms with Crippen molar-refractivity contribution >= 4 is 32.4 Å². The zero-order chi connectivity index (χ0) is 18.7. The van der Waals surface area contributed by atoms with Crippen LogP contribution < -0.4 is 5.32 Å². The summed E-state index contributed by atoms with van der Waals surface area (Å²) in [6.45, 7) is 4.32. The number of sulfonamides is 1. The van der Waals surface area contributed by atoms with Crippen molar-refractivity contribution < 1.29 is 13.2 Å². The highest BCUT2D eigenvalue weighted by Crippen LogP contribution is 2.32. The van der Waals surface area contributed by atoms with Crippen LogP contribution in [-0.4, -0.2) is 47.4 Å². The first-order valence-corrected chi connectivity index (χ1v) is 11.0. The lowest BCUT2D eigenvalue weighted by molar-refractivity contribution is -0.120. The van der Waals surface area contributed by atoms with Gasteiger partial charge in [0, 0.05) is 25.2 Å². The summed E-state index contributed by atoms with van der Waals surface area (Å²) in [5, 5.41) is 3.44. The molecule has 1 N–H and O–H groups in total. The van der Waals surface area contributed by atoms with Gasteiger partial charge in [-0.2, -0.15) is 0 Å². The molecule has 0 atom stereocenters. The van der Waals surface area contributed by atoms with Gasteiger partial charge in [0.05, 0.1) is 22.0 Å². The standard InChI is InChI=1S/C17H22N4O3S2/c1-3-26(23,24)21-10-7-13(8-11-21)16(22)20-17-19-12(2)15(25-17)14-6-4-5-9-18-14/h4-6,9,13H,3,7-8,10-11H2,1-2H3,(H,19,20,22). The molecule has 3 heterocycles. The van der Waals surface area contributed by atoms with E-state index in [0.717, 1.165) is 16.3 Å². The monoisotopic (exact) mass is 394 g/mol. The van der Waals surface area contributed by atoms with Gasteiger partial charge in [-0.3, -0.25) is 9.78 Å². The molecule has 9 heteroatoms. The minimum Gasteiger partial charge on any atom is -0.302 e. The smallest absolute Gasteiger partial charge is 0.229 e. The Morgan fingerprint density at radius 2 is 2.08 bits per heavy atom. The normalized spacial score (nSPS) is 16.5. The van der Waals surface area contributed by atoms with Gasteiger partial charge in [0.2, 0.25) is 15.9 Å². The first kappa shape index (κ1) is 18.9. The average Bonchev–Trinajstić information content (AvgIpc) is 3.02. The van der Waals surface area contributed by atoms with Crippen LogP contribution in [0, 0.1) is 12.8 Å². The van der Waals surface area contributed by atoms with E-state index >= 15 is 0 Å². The number of pyridine rings is 1. The minimum atomic E-state index is -3.18. The molecule has 2 aromatic heterocycles. The maximum atomic E-state index is 12.5. The molecular weight excluding hydrogens is 372 g/mol. The third kappa shape index (κ3) is 4.11. The predicted molar refractivity (Wildman–Crippen MR) is 102 cm³/mol. The Hall–Kier alpha value is -1.84. The number of amides is 1. The number of rotatable bonds is 5. The van der Waals surface area contributed by atoms with Gasteiger partial charge in [0.25, 0.3) is 0 Å². The second kappa shape index (κ2) is 7.81. The van der Waals surface area contributed by atoms with E-state index in [-0.39, 0.29) is 17.6 Å². The number of thiazole rings is 1. The second-order valence-electron chi connectivity index (χ2n) is 6.21. The molecule has 2 aromatic rings. The number of aryl methyl sites for hydroxylation is 1. The third-order valence-corrected chi connectivity index (χ3v) is 7.48. The molecular formula is C17H22N4O3S2. The van der Waals surface area contributed by atoms with Gasteiger partial charge < -0.3 is 5.32 Å². The number of nitrogens with one attached hydrogen (secondary N) is 1. The van der Waals surface area contributed by atoms with Crippen molar-refractivity contribution in [2.75, 3.05) is 24.2 Å². The molecule has 0 radical (unpaired) electrons. The van der Waals surface area contributed by atoms with Crippen LogP contribution in [0.1, 0.15) is 25.5 Å². The maximum absolute atomic E-state index is 12.5. The fourth-order valence-electron chi connectivity index (χ4n) is 2.97. The number of nitrogens with zero attached hydrogens (tertiary/aromatic N) is 3. The Balaban J connectivity index is 1.63. The van der Waals surface area contributed by atoms with Crippen LogP contribution in [0.3, 0.4) is 0 Å². The van der Waals surface area contributed by atoms with Gasteiger partial charge in [-0.1, -0.05) is 17.4 Å². The number of anilines is 1. The largest absolute Gasteiger partial charge is 0.302 e. The van der Waals surface area contributed by atoms with Crippen molar-refractivity contribution in [3.8, 4) is 10.6 Å². The Bertz CT molecular complexity index is 873. The molecule has 1 saturated heterocycles. The van der Waals surface area contributed by atoms with Crippen LogP contribution in [0.5, 0.6) is 0 Å². The van der Waals surface area contributed by atoms with Gasteiger partial charge in [-0.15, -0.1) is 0 Å². The number of carbonyl (C=O) groups excluding carboxylic acids is 1. The molecule has 26 heavy (non-hydrogen) atoms. The van der Waals surface area contributed by atoms with E-state index in [9.17, 15) is 13.2 Å². The summed E-state index contributed by atoms with van der Waals surface area (Å²) in [5.41, 5.74) is 1.66. The van der Waals surface area contributed by atoms with Crippen LogP contribution in [0.4, 0.5) is 5.13 Å². The van der Waals surface area contributed by atoms with E-state index in [1.54, 1.807) is 13.1 Å². The van der Waals surface area contributed by atoms with Crippen molar-refractivity contribution in [1.82, 2.24) is 14.3 Å². The van der Waals surface area contributed by atoms with Gasteiger partial charge in [0.15, 0.2) is 5.13 Å². The van der Waals surface area contributed by atoms with Crippen LogP contribution in [0.15, 0.2) is 24.4 Å². The summed E-state index contributed by atoms with van der Waals surface area (Å²) in [6.07, 6.45) is 2.79. The van der Waals surface area contributed by atoms with Gasteiger partial charge in [0.1, 0.15) is 0 Å². The molecule has 7 nitrogen and oxygen atoms in total. The SMILES string of the molecule is CCS(=O)(=O)N1CCC(C(=O)Nc2nc(C)c(-c3ccccn3)s2)CC1. The van der Waals surface area contributed by atoms with E-state index in [1.165, 1.54) is 15.6 Å². The predicted octanol–water partition coefficient (Wildman–Crippen LogP) is 2.51. The molecule has 0 bridgehead atoms. The zero-order valence-corrected chi connectivity index (χ0v) is 16.4. The maximum Gasteiger partial charge on any atom is 0.229 e. The first-order chi connectivity index (χ1) is 12.4. The first-order valence-electron chi connectivity index (χ1n) is 8.58. The summed E-state index contributed by atoms with van der Waals surface area (Å²) in [6, 6.07) is 5.68. The second-order valence-corrected chi connectivity index (χ2v) is 9.47. The van der Waals surface area contributed by atoms with Crippen molar-refractivity contribution in [1.29, 1.82) is 0 Å². The fourth-order valence-corrected chi connectivity index (χ4v) is 5.05. The van der Waals surface area contributed by atoms with E-state index in [2.05, 4.69) is 15.3 Å². The number of hydrogen-bond acceptors (Lipinski definition) is 6. The van der Waals surface area contributed by atoms with Crippen LogP contribution in [-0.2, 0) is 14.8 Å². The van der Waals surface area contributed by atoms with E-state index in [0.29, 0.717) is 31.1 Å². The molecule has 0 unspecified atom stereocenters. The highest BCUT2D eigenvalue weighted by Gasteiger charge is 2.30. The molecule has 3 rings (SSSR count). The highest BCUT2D eigenvalue weighted by atomic mass is 32.2. The summed E-state index contributed by atoms with van der Waals surface area (Å²) in [7, 11) is -3.18. The lowest BCUT2D eigenvalue weighted by Gasteiger charge is -2.30. The van der Waals surface area contributed by atoms with E-state index in [1.807, 2.05) is 25.1 Å². The minimum absolute atomic E-state index is 0.0958. The zero-order valence-electron chi connectivity index (χ0n) is 14.8. The molecule has 1 fully saturated rings. The van der Waals surface area contributed by atoms with Crippen molar-refractivity contribution in [2.45, 2.75) is 26.7 Å². The summed E-state index contributed by atoms with van der Waals surface area (Å²) < 4.78 is 25.3. The average molecular weight is 395 g/mol. The quantitative estimate of drug-likeness (QED) is 0.841. The van der Waals surface area contributed by atoms with Crippen molar-refractivity contribution in [3.63, 3.8) is 0 Å². The lowest BCUT2D eigenvalue weighted by atomic mass is 9.97. The van der Waals surface area contributed by atoms with Crippen LogP contribution >= 0.6 is 11.3 Å². The Kier molecular flexibility index (Phi) is 5.69. The number of piperidine rings is 1. The summed E-state index contributed by atoms with van der Waals surface area (Å²) in [4.78, 5) is 22.2. The van der Waals surface area contributed by atoms with Gasteiger partial charge in [-0.05, 0) is 38.8 Å². The Morgan fingerprint density at radius 1 is 1.35 bits per heavy atom. The van der Waals surface area contributed by atoms with Gasteiger partial charge >= 0.3 is 0 Å². The molecule has 1 aliphatic rings. The molecule has 0 spiro atoms. The molecule has 1 aliphatic heterocycles. The lowest BCUT2D eigenvalue weighted by Crippen LogP contribution is -2.42. The highest BCUT2D eigenvalue weighted by molar-refractivity contribution is 7.89. The topological polar surface area (TPSA) is 92.3 Å². The third-order valence-electron chi connectivity index (χ3n) is 4.51. The van der Waals surface area contributed by atoms with E-state index < -0.39 is 10.0 Å². The molecule has 1 amide bonds. The van der Waals surface area contributed by atoms with Crippen molar-refractivity contribution in [2.24, 2.45) is 5.92 Å². The fraction of sp³-hybridized carbons (Fsp3) is 0.471. The molecule has 140 valence electrons. The van der Waals surface area contributed by atoms with Crippen LogP contribution in [0.2, 0.25) is 0 Å².